The molecule has 0 saturated heterocycles. The second-order valence-corrected chi connectivity index (χ2v) is 9.93. The molecular formula is C26H27F2N5. The summed E-state index contributed by atoms with van der Waals surface area (Å²) in [6.07, 6.45) is 2.65. The van der Waals surface area contributed by atoms with E-state index in [1.165, 1.54) is 11.6 Å². The predicted molar refractivity (Wildman–Crippen MR) is 124 cm³/mol. The molecule has 5 nitrogen and oxygen atoms in total. The van der Waals surface area contributed by atoms with E-state index in [1.54, 1.807) is 23.1 Å². The van der Waals surface area contributed by atoms with Crippen molar-refractivity contribution in [3.05, 3.63) is 89.9 Å². The predicted octanol–water partition coefficient (Wildman–Crippen LogP) is 5.92. The lowest BCUT2D eigenvalue weighted by Crippen LogP contribution is -2.23. The van der Waals surface area contributed by atoms with Crippen LogP contribution in [0, 0.1) is 17.3 Å². The van der Waals surface area contributed by atoms with Crippen LogP contribution in [0.1, 0.15) is 51.7 Å². The van der Waals surface area contributed by atoms with Gasteiger partial charge in [0.2, 0.25) is 11.9 Å². The van der Waals surface area contributed by atoms with Crippen molar-refractivity contribution in [1.82, 2.24) is 24.7 Å². The highest BCUT2D eigenvalue weighted by molar-refractivity contribution is 5.59. The number of benzene rings is 1. The first-order valence-corrected chi connectivity index (χ1v) is 10.8. The van der Waals surface area contributed by atoms with E-state index in [0.29, 0.717) is 17.2 Å². The third kappa shape index (κ3) is 4.97. The third-order valence-electron chi connectivity index (χ3n) is 5.44. The fraction of sp³-hybridized carbons (Fsp3) is 0.308. The van der Waals surface area contributed by atoms with Gasteiger partial charge >= 0.3 is 0 Å². The van der Waals surface area contributed by atoms with Gasteiger partial charge in [-0.05, 0) is 67.6 Å². The molecular weight excluding hydrogens is 420 g/mol. The van der Waals surface area contributed by atoms with Gasteiger partial charge < -0.3 is 0 Å². The number of hydrogen-bond donors (Lipinski definition) is 0. The van der Waals surface area contributed by atoms with Gasteiger partial charge in [-0.2, -0.15) is 18.9 Å². The molecule has 0 N–H and O–H groups in total. The van der Waals surface area contributed by atoms with Crippen LogP contribution in [0.5, 0.6) is 0 Å². The molecule has 170 valence electrons. The molecule has 1 aromatic carbocycles. The fourth-order valence-electron chi connectivity index (χ4n) is 3.75. The van der Waals surface area contributed by atoms with Crippen LogP contribution in [0.2, 0.25) is 0 Å². The lowest BCUT2D eigenvalue weighted by Gasteiger charge is -2.21. The van der Waals surface area contributed by atoms with Crippen LogP contribution in [0.3, 0.4) is 0 Å². The fourth-order valence-corrected chi connectivity index (χ4v) is 3.75. The third-order valence-corrected chi connectivity index (χ3v) is 5.44. The molecule has 0 aliphatic rings. The molecule has 0 aliphatic carbocycles. The molecule has 3 heterocycles. The molecule has 0 aliphatic heterocycles. The summed E-state index contributed by atoms with van der Waals surface area (Å²) >= 11 is 0. The zero-order valence-electron chi connectivity index (χ0n) is 19.5. The summed E-state index contributed by atoms with van der Waals surface area (Å²) in [4.78, 5) is 12.4. The monoisotopic (exact) mass is 447 g/mol. The molecule has 33 heavy (non-hydrogen) atoms. The van der Waals surface area contributed by atoms with Crippen molar-refractivity contribution in [2.45, 2.75) is 46.5 Å². The van der Waals surface area contributed by atoms with Gasteiger partial charge in [-0.15, -0.1) is 0 Å². The molecule has 7 heteroatoms. The summed E-state index contributed by atoms with van der Waals surface area (Å²) in [6, 6.07) is 16.0. The van der Waals surface area contributed by atoms with Crippen molar-refractivity contribution >= 4 is 0 Å². The van der Waals surface area contributed by atoms with E-state index in [2.05, 4.69) is 47.9 Å². The average Bonchev–Trinajstić information content (AvgIpc) is 3.24. The summed E-state index contributed by atoms with van der Waals surface area (Å²) in [7, 11) is 0. The minimum atomic E-state index is -0.894. The largest absolute Gasteiger partial charge is 0.252 e. The number of rotatable bonds is 5. The maximum absolute atomic E-state index is 14.2. The quantitative estimate of drug-likeness (QED) is 0.357. The first-order chi connectivity index (χ1) is 15.5. The summed E-state index contributed by atoms with van der Waals surface area (Å²) < 4.78 is 29.2. The lowest BCUT2D eigenvalue weighted by atomic mass is 9.87. The minimum absolute atomic E-state index is 0.142. The maximum atomic E-state index is 14.2. The van der Waals surface area contributed by atoms with Gasteiger partial charge in [-0.25, -0.2) is 9.67 Å². The van der Waals surface area contributed by atoms with Crippen LogP contribution >= 0.6 is 0 Å². The number of pyridine rings is 2. The van der Waals surface area contributed by atoms with Gasteiger partial charge in [0.05, 0.1) is 28.1 Å². The molecule has 0 radical (unpaired) electrons. The highest BCUT2D eigenvalue weighted by Gasteiger charge is 2.30. The summed E-state index contributed by atoms with van der Waals surface area (Å²) in [5, 5.41) is 4.73. The van der Waals surface area contributed by atoms with Crippen LogP contribution in [0.15, 0.2) is 60.9 Å². The topological polar surface area (TPSA) is 56.5 Å². The molecule has 0 spiro atoms. The normalized spacial score (nSPS) is 12.2. The van der Waals surface area contributed by atoms with E-state index >= 15 is 0 Å². The Labute approximate surface area is 192 Å². The number of nitrogens with zero attached hydrogens (tertiary/aromatic N) is 5. The standard InChI is InChI=1S/C26H27F2N5/c1-25(2,3)15-17-8-6-9-18(14-17)33-16-29-24(32-33)26(4,5)21-11-7-10-20(30-21)19-12-13-22(27)31-23(19)28/h6-14,16H,15H2,1-5H3. The van der Waals surface area contributed by atoms with Crippen LogP contribution in [0.25, 0.3) is 16.9 Å². The molecule has 0 fully saturated rings. The Bertz CT molecular complexity index is 1290. The first kappa shape index (κ1) is 22.7. The lowest BCUT2D eigenvalue weighted by molar-refractivity contribution is 0.411. The van der Waals surface area contributed by atoms with Crippen molar-refractivity contribution < 1.29 is 8.78 Å². The highest BCUT2D eigenvalue weighted by Crippen LogP contribution is 2.30. The Morgan fingerprint density at radius 2 is 1.64 bits per heavy atom. The van der Waals surface area contributed by atoms with Gasteiger partial charge in [-0.1, -0.05) is 39.0 Å². The molecule has 0 unspecified atom stereocenters. The number of hydrogen-bond acceptors (Lipinski definition) is 4. The van der Waals surface area contributed by atoms with Crippen molar-refractivity contribution in [3.8, 4) is 16.9 Å². The minimum Gasteiger partial charge on any atom is -0.252 e. The molecule has 3 aromatic heterocycles. The zero-order chi connectivity index (χ0) is 23.8. The van der Waals surface area contributed by atoms with E-state index in [1.807, 2.05) is 32.0 Å². The van der Waals surface area contributed by atoms with E-state index in [9.17, 15) is 8.78 Å². The Morgan fingerprint density at radius 3 is 2.36 bits per heavy atom. The Balaban J connectivity index is 1.65. The van der Waals surface area contributed by atoms with Crippen LogP contribution < -0.4 is 0 Å². The zero-order valence-corrected chi connectivity index (χ0v) is 19.5. The van der Waals surface area contributed by atoms with Gasteiger partial charge in [0.25, 0.3) is 0 Å². The Hall–Kier alpha value is -3.48. The molecule has 0 atom stereocenters. The smallest absolute Gasteiger partial charge is 0.224 e. The van der Waals surface area contributed by atoms with Crippen LogP contribution in [-0.4, -0.2) is 24.7 Å². The van der Waals surface area contributed by atoms with E-state index in [0.717, 1.165) is 18.2 Å². The molecule has 4 rings (SSSR count). The average molecular weight is 448 g/mol. The number of aromatic nitrogens is 5. The van der Waals surface area contributed by atoms with Crippen LogP contribution in [-0.2, 0) is 11.8 Å². The van der Waals surface area contributed by atoms with Gasteiger partial charge in [0.1, 0.15) is 6.33 Å². The highest BCUT2D eigenvalue weighted by atomic mass is 19.1. The van der Waals surface area contributed by atoms with Gasteiger partial charge in [0.15, 0.2) is 5.82 Å². The number of halogens is 2. The first-order valence-electron chi connectivity index (χ1n) is 10.8. The van der Waals surface area contributed by atoms with Crippen molar-refractivity contribution in [2.24, 2.45) is 5.41 Å². The summed E-state index contributed by atoms with van der Waals surface area (Å²) in [5.41, 5.74) is 2.90. The van der Waals surface area contributed by atoms with Crippen LogP contribution in [0.4, 0.5) is 8.78 Å². The molecule has 0 bridgehead atoms. The van der Waals surface area contributed by atoms with Gasteiger partial charge in [0, 0.05) is 0 Å². The Kier molecular flexibility index (Phi) is 5.82. The summed E-state index contributed by atoms with van der Waals surface area (Å²) in [5.74, 6) is -1.17. The van der Waals surface area contributed by atoms with Gasteiger partial charge in [-0.3, -0.25) is 4.98 Å². The SMILES string of the molecule is CC(C)(C)Cc1cccc(-n2cnc(C(C)(C)c3cccc(-c4ccc(F)nc4F)n3)n2)c1. The molecule has 0 saturated carbocycles. The van der Waals surface area contributed by atoms with Crippen molar-refractivity contribution in [1.29, 1.82) is 0 Å². The van der Waals surface area contributed by atoms with E-state index in [-0.39, 0.29) is 11.0 Å². The van der Waals surface area contributed by atoms with Crippen molar-refractivity contribution in [3.63, 3.8) is 0 Å². The summed E-state index contributed by atoms with van der Waals surface area (Å²) in [6.45, 7) is 10.6. The second kappa shape index (κ2) is 8.46. The van der Waals surface area contributed by atoms with Crippen molar-refractivity contribution in [2.75, 3.05) is 0 Å². The molecule has 0 amide bonds. The Morgan fingerprint density at radius 1 is 0.879 bits per heavy atom. The maximum Gasteiger partial charge on any atom is 0.224 e. The molecule has 4 aromatic rings. The van der Waals surface area contributed by atoms with E-state index < -0.39 is 17.3 Å². The second-order valence-electron chi connectivity index (χ2n) is 9.93. The van der Waals surface area contributed by atoms with E-state index in [4.69, 9.17) is 5.10 Å².